The van der Waals surface area contributed by atoms with E-state index in [-0.39, 0.29) is 12.8 Å². The van der Waals surface area contributed by atoms with Gasteiger partial charge in [-0.15, -0.1) is 0 Å². The topological polar surface area (TPSA) is 241 Å². The fourth-order valence-electron chi connectivity index (χ4n) is 3.87. The molecule has 0 aliphatic heterocycles. The van der Waals surface area contributed by atoms with Gasteiger partial charge in [-0.2, -0.15) is 0 Å². The Labute approximate surface area is 223 Å². The molecule has 212 valence electrons. The molecule has 0 fully saturated rings. The molecule has 4 unspecified atom stereocenters. The third-order valence-electron chi connectivity index (χ3n) is 5.97. The molecule has 0 saturated heterocycles. The van der Waals surface area contributed by atoms with E-state index >= 15 is 0 Å². The van der Waals surface area contributed by atoms with Gasteiger partial charge in [0, 0.05) is 23.5 Å². The van der Waals surface area contributed by atoms with E-state index in [9.17, 15) is 33.9 Å². The number of carbonyl (C=O) groups is 6. The number of amides is 3. The van der Waals surface area contributed by atoms with Crippen LogP contribution in [0.1, 0.15) is 38.7 Å². The molecule has 2 rings (SSSR count). The Balaban J connectivity index is 2.14. The van der Waals surface area contributed by atoms with E-state index < -0.39 is 78.6 Å². The van der Waals surface area contributed by atoms with Crippen LogP contribution >= 0.6 is 0 Å². The van der Waals surface area contributed by atoms with Crippen molar-refractivity contribution in [3.63, 3.8) is 0 Å². The molecule has 0 aliphatic carbocycles. The number of carboxylic acid groups (broad SMARTS) is 3. The Bertz CT molecular complexity index is 1230. The first-order valence-corrected chi connectivity index (χ1v) is 12.2. The molecule has 14 nitrogen and oxygen atoms in total. The highest BCUT2D eigenvalue weighted by Crippen LogP contribution is 2.19. The fourth-order valence-corrected chi connectivity index (χ4v) is 3.87. The summed E-state index contributed by atoms with van der Waals surface area (Å²) in [6, 6.07) is 1.90. The average molecular weight is 548 g/mol. The van der Waals surface area contributed by atoms with Gasteiger partial charge in [0.1, 0.15) is 18.1 Å². The second-order valence-corrected chi connectivity index (χ2v) is 9.39. The standard InChI is InChI=1S/C25H33N5O9/c1-12(2)21(24(37)29-18(25(38)39)10-20(33)34)30-23(36)17(7-8-19(31)32)28-22(35)15(26)9-13-11-27-16-6-4-3-5-14(13)16/h3-6,11-12,15,17-18,21,27H,7-10,26H2,1-2H3,(H,28,35)(H,29,37)(H,30,36)(H,31,32)(H,33,34)(H,38,39). The molecule has 4 atom stereocenters. The summed E-state index contributed by atoms with van der Waals surface area (Å²) in [5.74, 6) is -7.38. The maximum Gasteiger partial charge on any atom is 0.326 e. The molecular formula is C25H33N5O9. The molecule has 0 radical (unpaired) electrons. The SMILES string of the molecule is CC(C)C(NC(=O)C(CCC(=O)O)NC(=O)C(N)Cc1c[nH]c2ccccc12)C(=O)NC(CC(=O)O)C(=O)O. The lowest BCUT2D eigenvalue weighted by Crippen LogP contribution is -2.58. The Morgan fingerprint density at radius 3 is 2.10 bits per heavy atom. The van der Waals surface area contributed by atoms with Gasteiger partial charge >= 0.3 is 17.9 Å². The molecule has 2 aromatic rings. The van der Waals surface area contributed by atoms with Gasteiger partial charge in [-0.25, -0.2) is 4.79 Å². The van der Waals surface area contributed by atoms with Crippen LogP contribution in [0, 0.1) is 5.92 Å². The minimum Gasteiger partial charge on any atom is -0.481 e. The lowest BCUT2D eigenvalue weighted by Gasteiger charge is -2.26. The van der Waals surface area contributed by atoms with Crippen LogP contribution in [0.2, 0.25) is 0 Å². The van der Waals surface area contributed by atoms with Crippen LogP contribution in [-0.4, -0.2) is 80.1 Å². The molecule has 1 aromatic carbocycles. The van der Waals surface area contributed by atoms with E-state index in [1.54, 1.807) is 20.0 Å². The van der Waals surface area contributed by atoms with Gasteiger partial charge in [-0.1, -0.05) is 32.0 Å². The molecule has 39 heavy (non-hydrogen) atoms. The zero-order valence-corrected chi connectivity index (χ0v) is 21.5. The van der Waals surface area contributed by atoms with Gasteiger partial charge < -0.3 is 42.0 Å². The number of nitrogens with one attached hydrogen (secondary N) is 4. The normalized spacial score (nSPS) is 14.2. The molecule has 1 aromatic heterocycles. The number of carboxylic acids is 3. The summed E-state index contributed by atoms with van der Waals surface area (Å²) in [5.41, 5.74) is 7.70. The van der Waals surface area contributed by atoms with Crippen molar-refractivity contribution in [3.8, 4) is 0 Å². The summed E-state index contributed by atoms with van der Waals surface area (Å²) in [4.78, 5) is 75.2. The Morgan fingerprint density at radius 2 is 1.51 bits per heavy atom. The summed E-state index contributed by atoms with van der Waals surface area (Å²) in [6.07, 6.45) is 0.170. The number of fused-ring (bicyclic) bond motifs is 1. The first-order chi connectivity index (χ1) is 18.3. The number of nitrogens with two attached hydrogens (primary N) is 1. The molecule has 0 spiro atoms. The zero-order valence-electron chi connectivity index (χ0n) is 21.5. The number of para-hydroxylation sites is 1. The minimum atomic E-state index is -1.74. The van der Waals surface area contributed by atoms with E-state index in [1.165, 1.54) is 0 Å². The van der Waals surface area contributed by atoms with Crippen LogP contribution in [0.4, 0.5) is 0 Å². The second-order valence-electron chi connectivity index (χ2n) is 9.39. The fraction of sp³-hybridized carbons (Fsp3) is 0.440. The summed E-state index contributed by atoms with van der Waals surface area (Å²) >= 11 is 0. The summed E-state index contributed by atoms with van der Waals surface area (Å²) in [7, 11) is 0. The smallest absolute Gasteiger partial charge is 0.326 e. The Morgan fingerprint density at radius 1 is 0.872 bits per heavy atom. The molecule has 0 bridgehead atoms. The first-order valence-electron chi connectivity index (χ1n) is 12.2. The van der Waals surface area contributed by atoms with Crippen LogP contribution in [0.5, 0.6) is 0 Å². The highest BCUT2D eigenvalue weighted by atomic mass is 16.4. The molecule has 1 heterocycles. The summed E-state index contributed by atoms with van der Waals surface area (Å²) in [6.45, 7) is 3.11. The van der Waals surface area contributed by atoms with Crippen LogP contribution in [-0.2, 0) is 35.2 Å². The Kier molecular flexibility index (Phi) is 11.0. The summed E-state index contributed by atoms with van der Waals surface area (Å²) in [5, 5.41) is 35.0. The zero-order chi connectivity index (χ0) is 29.3. The molecule has 14 heteroatoms. The summed E-state index contributed by atoms with van der Waals surface area (Å²) < 4.78 is 0. The van der Waals surface area contributed by atoms with Gasteiger partial charge in [-0.3, -0.25) is 24.0 Å². The number of carbonyl (C=O) groups excluding carboxylic acids is 3. The van der Waals surface area contributed by atoms with Crippen molar-refractivity contribution in [2.24, 2.45) is 11.7 Å². The maximum absolute atomic E-state index is 13.1. The second kappa shape index (κ2) is 13.9. The van der Waals surface area contributed by atoms with Gasteiger partial charge in [0.25, 0.3) is 0 Å². The molecule has 0 aliphatic rings. The number of aliphatic carboxylic acids is 3. The third-order valence-corrected chi connectivity index (χ3v) is 5.97. The van der Waals surface area contributed by atoms with Crippen LogP contribution in [0.25, 0.3) is 10.9 Å². The molecule has 3 amide bonds. The highest BCUT2D eigenvalue weighted by molar-refractivity contribution is 5.95. The maximum atomic E-state index is 13.1. The number of benzene rings is 1. The van der Waals surface area contributed by atoms with Crippen molar-refractivity contribution >= 4 is 46.5 Å². The quantitative estimate of drug-likeness (QED) is 0.143. The van der Waals surface area contributed by atoms with E-state index in [0.717, 1.165) is 16.5 Å². The number of aromatic amines is 1. The number of rotatable bonds is 15. The van der Waals surface area contributed by atoms with Crippen molar-refractivity contribution in [1.82, 2.24) is 20.9 Å². The minimum absolute atomic E-state index is 0.125. The predicted octanol–water partition coefficient (Wildman–Crippen LogP) is -0.428. The predicted molar refractivity (Wildman–Crippen MR) is 137 cm³/mol. The van der Waals surface area contributed by atoms with Crippen LogP contribution in [0.3, 0.4) is 0 Å². The van der Waals surface area contributed by atoms with E-state index in [0.29, 0.717) is 0 Å². The van der Waals surface area contributed by atoms with E-state index in [4.69, 9.17) is 15.9 Å². The lowest BCUT2D eigenvalue weighted by atomic mass is 10.0. The average Bonchev–Trinajstić information content (AvgIpc) is 3.26. The highest BCUT2D eigenvalue weighted by Gasteiger charge is 2.33. The van der Waals surface area contributed by atoms with Gasteiger partial charge in [0.2, 0.25) is 17.7 Å². The number of aromatic nitrogens is 1. The van der Waals surface area contributed by atoms with Crippen molar-refractivity contribution in [2.45, 2.75) is 63.7 Å². The number of hydrogen-bond acceptors (Lipinski definition) is 7. The van der Waals surface area contributed by atoms with Crippen molar-refractivity contribution in [2.75, 3.05) is 0 Å². The first kappa shape index (κ1) is 30.8. The van der Waals surface area contributed by atoms with Crippen LogP contribution < -0.4 is 21.7 Å². The van der Waals surface area contributed by atoms with Gasteiger partial charge in [0.05, 0.1) is 12.5 Å². The van der Waals surface area contributed by atoms with Crippen molar-refractivity contribution in [3.05, 3.63) is 36.0 Å². The number of hydrogen-bond donors (Lipinski definition) is 8. The largest absolute Gasteiger partial charge is 0.481 e. The van der Waals surface area contributed by atoms with Gasteiger partial charge in [0.15, 0.2) is 0 Å². The lowest BCUT2D eigenvalue weighted by molar-refractivity contribution is -0.147. The van der Waals surface area contributed by atoms with E-state index in [1.807, 2.05) is 24.3 Å². The Hall–Kier alpha value is -4.46. The van der Waals surface area contributed by atoms with Crippen molar-refractivity contribution in [1.29, 1.82) is 0 Å². The third kappa shape index (κ3) is 9.10. The molecule has 9 N–H and O–H groups in total. The van der Waals surface area contributed by atoms with E-state index in [2.05, 4.69) is 20.9 Å². The van der Waals surface area contributed by atoms with Crippen molar-refractivity contribution < 1.29 is 44.1 Å². The van der Waals surface area contributed by atoms with Crippen LogP contribution in [0.15, 0.2) is 30.5 Å². The van der Waals surface area contributed by atoms with Gasteiger partial charge in [-0.05, 0) is 30.4 Å². The monoisotopic (exact) mass is 547 g/mol. The molecule has 0 saturated carbocycles. The number of H-pyrrole nitrogens is 1. The molecular weight excluding hydrogens is 514 g/mol.